The van der Waals surface area contributed by atoms with Gasteiger partial charge in [0.25, 0.3) is 11.8 Å². The monoisotopic (exact) mass is 570 g/mol. The summed E-state index contributed by atoms with van der Waals surface area (Å²) in [6.45, 7) is -2.09. The number of benzene rings is 1. The van der Waals surface area contributed by atoms with Crippen molar-refractivity contribution in [3.05, 3.63) is 71.6 Å². The van der Waals surface area contributed by atoms with E-state index in [4.69, 9.17) is 0 Å². The highest BCUT2D eigenvalue weighted by Crippen LogP contribution is 2.39. The summed E-state index contributed by atoms with van der Waals surface area (Å²) in [5.74, 6) is -8.18. The lowest BCUT2D eigenvalue weighted by atomic mass is 10.0. The number of likely N-dealkylation sites (tertiary alicyclic amines) is 1. The van der Waals surface area contributed by atoms with Gasteiger partial charge in [0.1, 0.15) is 11.5 Å². The molecular weight excluding hydrogens is 547 g/mol. The Hall–Kier alpha value is -4.42. The Morgan fingerprint density at radius 1 is 1.02 bits per heavy atom. The molecule has 2 amide bonds. The summed E-state index contributed by atoms with van der Waals surface area (Å²) in [6, 6.07) is 7.12. The number of aromatic nitrogens is 3. The summed E-state index contributed by atoms with van der Waals surface area (Å²) in [5, 5.41) is 3.65. The first-order valence-electron chi connectivity index (χ1n) is 13.0. The van der Waals surface area contributed by atoms with Crippen molar-refractivity contribution < 1.29 is 31.5 Å². The normalized spacial score (nSPS) is 20.2. The molecule has 0 saturated carbocycles. The van der Waals surface area contributed by atoms with Gasteiger partial charge in [0, 0.05) is 43.0 Å². The van der Waals surface area contributed by atoms with E-state index in [1.54, 1.807) is 23.0 Å². The number of nitrogens with zero attached hydrogens (tertiary/aromatic N) is 5. The summed E-state index contributed by atoms with van der Waals surface area (Å²) in [6.07, 6.45) is 3.56. The predicted molar refractivity (Wildman–Crippen MR) is 139 cm³/mol. The third-order valence-corrected chi connectivity index (χ3v) is 7.79. The van der Waals surface area contributed by atoms with E-state index in [0.717, 1.165) is 0 Å². The number of hydrogen-bond donors (Lipinski definition) is 1. The van der Waals surface area contributed by atoms with Gasteiger partial charge in [-0.3, -0.25) is 9.20 Å². The third-order valence-electron chi connectivity index (χ3n) is 7.79. The van der Waals surface area contributed by atoms with Crippen LogP contribution in [0.3, 0.4) is 0 Å². The van der Waals surface area contributed by atoms with E-state index >= 15 is 4.39 Å². The highest BCUT2D eigenvalue weighted by atomic mass is 19.3. The van der Waals surface area contributed by atoms with Gasteiger partial charge in [-0.25, -0.2) is 31.7 Å². The number of urea groups is 1. The molecule has 1 N–H and O–H groups in total. The average molecular weight is 571 g/mol. The Morgan fingerprint density at radius 3 is 2.59 bits per heavy atom. The zero-order valence-corrected chi connectivity index (χ0v) is 21.5. The lowest BCUT2D eigenvalue weighted by molar-refractivity contribution is -0.162. The summed E-state index contributed by atoms with van der Waals surface area (Å²) in [4.78, 5) is 32.3. The first-order chi connectivity index (χ1) is 19.5. The lowest BCUT2D eigenvalue weighted by Crippen LogP contribution is -2.57. The zero-order valence-electron chi connectivity index (χ0n) is 21.5. The van der Waals surface area contributed by atoms with Gasteiger partial charge in [0.15, 0.2) is 5.78 Å². The molecule has 0 atom stereocenters. The molecular formula is C28H23F5N6O2. The number of Topliss-reactive ketones (excluding diaryl/α,β-unsaturated/α-hetero) is 1. The van der Waals surface area contributed by atoms with E-state index in [0.29, 0.717) is 49.5 Å². The molecule has 3 aromatic heterocycles. The van der Waals surface area contributed by atoms with E-state index < -0.39 is 43.2 Å². The van der Waals surface area contributed by atoms with E-state index in [-0.39, 0.29) is 32.0 Å². The SMILES string of the molecule is O=C1CNC(c2cn3c4c(cc(F)cc24)CN(C(=O)N2CC(F)(F)CC(F)(F)C2)CC3)=C1c1cnc2ccccn12. The summed E-state index contributed by atoms with van der Waals surface area (Å²) in [7, 11) is 0. The fourth-order valence-electron chi connectivity index (χ4n) is 6.21. The predicted octanol–water partition coefficient (Wildman–Crippen LogP) is 4.38. The van der Waals surface area contributed by atoms with Crippen LogP contribution in [0, 0.1) is 5.82 Å². The second-order valence-corrected chi connectivity index (χ2v) is 10.7. The summed E-state index contributed by atoms with van der Waals surface area (Å²) >= 11 is 0. The lowest BCUT2D eigenvalue weighted by Gasteiger charge is -2.39. The van der Waals surface area contributed by atoms with Gasteiger partial charge in [0.05, 0.1) is 54.7 Å². The molecule has 0 unspecified atom stereocenters. The summed E-state index contributed by atoms with van der Waals surface area (Å²) in [5.41, 5.74) is 3.77. The van der Waals surface area contributed by atoms with E-state index in [1.165, 1.54) is 17.0 Å². The van der Waals surface area contributed by atoms with Crippen LogP contribution < -0.4 is 5.32 Å². The molecule has 0 spiro atoms. The molecule has 0 radical (unpaired) electrons. The number of imidazole rings is 1. The van der Waals surface area contributed by atoms with E-state index in [9.17, 15) is 27.2 Å². The van der Waals surface area contributed by atoms with Crippen molar-refractivity contribution in [2.24, 2.45) is 0 Å². The maximum absolute atomic E-state index is 15.0. The molecule has 1 aromatic carbocycles. The summed E-state index contributed by atoms with van der Waals surface area (Å²) < 4.78 is 74.7. The minimum Gasteiger partial charge on any atom is -0.376 e. The van der Waals surface area contributed by atoms with Crippen LogP contribution in [0.25, 0.3) is 27.8 Å². The van der Waals surface area contributed by atoms with Crippen molar-refractivity contribution in [1.82, 2.24) is 29.1 Å². The van der Waals surface area contributed by atoms with E-state index in [1.807, 2.05) is 22.8 Å². The second kappa shape index (κ2) is 8.79. The van der Waals surface area contributed by atoms with Gasteiger partial charge < -0.3 is 19.7 Å². The number of carbonyl (C=O) groups is 2. The first kappa shape index (κ1) is 25.5. The van der Waals surface area contributed by atoms with Gasteiger partial charge in [-0.1, -0.05) is 6.07 Å². The largest absolute Gasteiger partial charge is 0.376 e. The maximum atomic E-state index is 15.0. The molecule has 41 heavy (non-hydrogen) atoms. The Kier molecular flexibility index (Phi) is 5.47. The minimum atomic E-state index is -3.71. The molecule has 3 aliphatic rings. The number of carbonyl (C=O) groups excluding carboxylic acids is 2. The molecule has 3 aliphatic heterocycles. The number of rotatable bonds is 2. The van der Waals surface area contributed by atoms with Crippen LogP contribution >= 0.6 is 0 Å². The maximum Gasteiger partial charge on any atom is 0.320 e. The smallest absolute Gasteiger partial charge is 0.320 e. The van der Waals surface area contributed by atoms with Crippen molar-refractivity contribution in [3.8, 4) is 0 Å². The number of nitrogens with one attached hydrogen (secondary N) is 1. The van der Waals surface area contributed by atoms with Crippen molar-refractivity contribution in [2.45, 2.75) is 31.4 Å². The van der Waals surface area contributed by atoms with Gasteiger partial charge in [0.2, 0.25) is 0 Å². The number of ketones is 1. The van der Waals surface area contributed by atoms with Crippen LogP contribution in [0.4, 0.5) is 26.7 Å². The molecule has 13 heteroatoms. The molecule has 1 fully saturated rings. The van der Waals surface area contributed by atoms with Crippen LogP contribution in [-0.2, 0) is 17.9 Å². The van der Waals surface area contributed by atoms with Gasteiger partial charge in [-0.2, -0.15) is 0 Å². The van der Waals surface area contributed by atoms with Crippen molar-refractivity contribution in [1.29, 1.82) is 0 Å². The van der Waals surface area contributed by atoms with Gasteiger partial charge in [-0.05, 0) is 29.8 Å². The number of pyridine rings is 1. The van der Waals surface area contributed by atoms with Crippen LogP contribution in [-0.4, -0.2) is 73.6 Å². The minimum absolute atomic E-state index is 0.0253. The highest BCUT2D eigenvalue weighted by molar-refractivity contribution is 6.32. The Morgan fingerprint density at radius 2 is 1.80 bits per heavy atom. The molecule has 6 heterocycles. The van der Waals surface area contributed by atoms with Crippen LogP contribution in [0.2, 0.25) is 0 Å². The Balaban J connectivity index is 1.29. The fraction of sp³-hybridized carbons (Fsp3) is 0.321. The van der Waals surface area contributed by atoms with Gasteiger partial charge in [-0.15, -0.1) is 0 Å². The highest BCUT2D eigenvalue weighted by Gasteiger charge is 2.52. The third kappa shape index (κ3) is 4.21. The van der Waals surface area contributed by atoms with Crippen LogP contribution in [0.1, 0.15) is 23.2 Å². The van der Waals surface area contributed by atoms with Crippen molar-refractivity contribution >= 4 is 39.6 Å². The molecule has 7 rings (SSSR count). The quantitative estimate of drug-likeness (QED) is 0.363. The van der Waals surface area contributed by atoms with Crippen LogP contribution in [0.5, 0.6) is 0 Å². The molecule has 212 valence electrons. The van der Waals surface area contributed by atoms with Gasteiger partial charge >= 0.3 is 6.03 Å². The molecule has 1 saturated heterocycles. The standard InChI is InChI=1S/C28H23F5N6O2/c29-17-7-16-11-37(26(41)38-14-27(30,31)13-28(32,33)15-38)6-5-36-12-19(18(8-17)25(16)36)24-23(21(40)10-35-24)20-9-34-22-3-1-2-4-39(20)22/h1-4,7-9,12,35H,5-6,10-11,13-15H2. The Bertz CT molecular complexity index is 1780. The first-order valence-corrected chi connectivity index (χ1v) is 13.0. The average Bonchev–Trinajstić information content (AvgIpc) is 3.55. The fourth-order valence-corrected chi connectivity index (χ4v) is 6.21. The molecule has 8 nitrogen and oxygen atoms in total. The molecule has 0 bridgehead atoms. The molecule has 4 aromatic rings. The second-order valence-electron chi connectivity index (χ2n) is 10.7. The van der Waals surface area contributed by atoms with Crippen molar-refractivity contribution in [3.63, 3.8) is 0 Å². The number of hydrogen-bond acceptors (Lipinski definition) is 4. The van der Waals surface area contributed by atoms with Crippen molar-refractivity contribution in [2.75, 3.05) is 26.2 Å². The topological polar surface area (TPSA) is 74.9 Å². The number of amides is 2. The van der Waals surface area contributed by atoms with E-state index in [2.05, 4.69) is 10.3 Å². The number of halogens is 5. The Labute approximate surface area is 229 Å². The molecule has 0 aliphatic carbocycles. The number of alkyl halides is 4. The van der Waals surface area contributed by atoms with Crippen LogP contribution in [0.15, 0.2) is 48.9 Å². The number of piperidine rings is 1. The number of fused-ring (bicyclic) bond motifs is 1. The zero-order chi connectivity index (χ0) is 28.7.